The Labute approximate surface area is 238 Å². The van der Waals surface area contributed by atoms with Gasteiger partial charge in [0.05, 0.1) is 18.3 Å². The molecule has 6 heterocycles. The molecule has 3 aromatic rings. The number of rotatable bonds is 7. The molecule has 41 heavy (non-hydrogen) atoms. The molecule has 0 spiro atoms. The Morgan fingerprint density at radius 3 is 2.71 bits per heavy atom. The lowest BCUT2D eigenvalue weighted by Gasteiger charge is -2.40. The van der Waals surface area contributed by atoms with Crippen molar-refractivity contribution in [1.29, 1.82) is 5.26 Å². The van der Waals surface area contributed by atoms with E-state index in [1.54, 1.807) is 35.7 Å². The van der Waals surface area contributed by atoms with Crippen LogP contribution in [0.2, 0.25) is 0 Å². The molecule has 3 aliphatic heterocycles. The van der Waals surface area contributed by atoms with Crippen molar-refractivity contribution >= 4 is 23.5 Å². The van der Waals surface area contributed by atoms with E-state index >= 15 is 0 Å². The number of ether oxygens (including phenoxy) is 1. The van der Waals surface area contributed by atoms with Crippen molar-refractivity contribution in [3.8, 4) is 6.07 Å². The number of hydrazone groups is 1. The molecule has 1 amide bonds. The van der Waals surface area contributed by atoms with E-state index in [4.69, 9.17) is 9.72 Å². The van der Waals surface area contributed by atoms with Gasteiger partial charge < -0.3 is 19.5 Å². The van der Waals surface area contributed by atoms with Crippen molar-refractivity contribution in [1.82, 2.24) is 29.8 Å². The highest BCUT2D eigenvalue weighted by Gasteiger charge is 2.37. The lowest BCUT2D eigenvalue weighted by Crippen LogP contribution is -2.53. The van der Waals surface area contributed by atoms with Crippen LogP contribution in [0.5, 0.6) is 0 Å². The summed E-state index contributed by atoms with van der Waals surface area (Å²) in [5, 5.41) is 19.2. The fraction of sp³-hybridized carbons (Fsp3) is 0.333. The number of pyridine rings is 2. The zero-order chi connectivity index (χ0) is 28.4. The lowest BCUT2D eigenvalue weighted by atomic mass is 9.88. The van der Waals surface area contributed by atoms with Gasteiger partial charge in [-0.3, -0.25) is 14.8 Å². The SMILES string of the molecule is Cn1ccnc1COC1=CN2N=CC(C#N)C2C(c2ccc(N3CCC(C)(NC(=O)c4ccccn4)CC3)nc2)=C1. The zero-order valence-corrected chi connectivity index (χ0v) is 23.0. The van der Waals surface area contributed by atoms with Gasteiger partial charge in [-0.25, -0.2) is 9.97 Å². The predicted molar refractivity (Wildman–Crippen MR) is 153 cm³/mol. The van der Waals surface area contributed by atoms with E-state index in [1.807, 2.05) is 54.5 Å². The Kier molecular flexibility index (Phi) is 6.97. The summed E-state index contributed by atoms with van der Waals surface area (Å²) in [5.74, 6) is 1.79. The summed E-state index contributed by atoms with van der Waals surface area (Å²) >= 11 is 0. The van der Waals surface area contributed by atoms with Gasteiger partial charge in [-0.1, -0.05) is 6.07 Å². The molecule has 0 radical (unpaired) electrons. The largest absolute Gasteiger partial charge is 0.484 e. The highest BCUT2D eigenvalue weighted by molar-refractivity contribution is 5.92. The second-order valence-corrected chi connectivity index (χ2v) is 10.7. The van der Waals surface area contributed by atoms with E-state index in [9.17, 15) is 10.1 Å². The van der Waals surface area contributed by atoms with Gasteiger partial charge in [0.15, 0.2) is 0 Å². The first-order chi connectivity index (χ1) is 19.9. The van der Waals surface area contributed by atoms with Crippen LogP contribution in [0.3, 0.4) is 0 Å². The average Bonchev–Trinajstić information content (AvgIpc) is 3.61. The topological polar surface area (TPSA) is 125 Å². The molecule has 3 aliphatic rings. The number of carbonyl (C=O) groups excluding carboxylic acids is 1. The van der Waals surface area contributed by atoms with Gasteiger partial charge >= 0.3 is 0 Å². The molecular weight excluding hydrogens is 518 g/mol. The second-order valence-electron chi connectivity index (χ2n) is 10.7. The average molecular weight is 550 g/mol. The number of amides is 1. The summed E-state index contributed by atoms with van der Waals surface area (Å²) < 4.78 is 7.98. The lowest BCUT2D eigenvalue weighted by molar-refractivity contribution is 0.0886. The molecule has 0 aromatic carbocycles. The van der Waals surface area contributed by atoms with E-state index in [0.717, 1.165) is 48.7 Å². The van der Waals surface area contributed by atoms with Crippen LogP contribution < -0.4 is 10.2 Å². The second kappa shape index (κ2) is 10.9. The molecule has 3 aromatic heterocycles. The fourth-order valence-corrected chi connectivity index (χ4v) is 5.38. The number of nitriles is 1. The number of anilines is 1. The number of aromatic nitrogens is 4. The first-order valence-corrected chi connectivity index (χ1v) is 13.6. The Morgan fingerprint density at radius 1 is 1.17 bits per heavy atom. The number of nitrogens with one attached hydrogen (secondary N) is 1. The summed E-state index contributed by atoms with van der Waals surface area (Å²) in [6.07, 6.45) is 14.1. The Hall–Kier alpha value is -4.98. The normalized spacial score (nSPS) is 21.0. The Balaban J connectivity index is 1.14. The first-order valence-electron chi connectivity index (χ1n) is 13.6. The zero-order valence-electron chi connectivity index (χ0n) is 23.0. The van der Waals surface area contributed by atoms with Crippen molar-refractivity contribution < 1.29 is 9.53 Å². The maximum atomic E-state index is 12.7. The highest BCUT2D eigenvalue weighted by atomic mass is 16.5. The van der Waals surface area contributed by atoms with E-state index in [-0.39, 0.29) is 23.4 Å². The molecule has 208 valence electrons. The molecule has 0 saturated carbocycles. The minimum Gasteiger partial charge on any atom is -0.484 e. The summed E-state index contributed by atoms with van der Waals surface area (Å²) in [5.41, 5.74) is 1.95. The molecule has 11 nitrogen and oxygen atoms in total. The van der Waals surface area contributed by atoms with Crippen molar-refractivity contribution in [3.05, 3.63) is 90.2 Å². The number of aryl methyl sites for hydroxylation is 1. The predicted octanol–water partition coefficient (Wildman–Crippen LogP) is 3.26. The monoisotopic (exact) mass is 549 g/mol. The number of hydrogen-bond donors (Lipinski definition) is 1. The number of piperidine rings is 1. The fourth-order valence-electron chi connectivity index (χ4n) is 5.38. The Morgan fingerprint density at radius 2 is 2.02 bits per heavy atom. The van der Waals surface area contributed by atoms with Crippen LogP contribution in [-0.2, 0) is 18.4 Å². The minimum absolute atomic E-state index is 0.150. The van der Waals surface area contributed by atoms with Crippen LogP contribution >= 0.6 is 0 Å². The third-order valence-electron chi connectivity index (χ3n) is 7.88. The summed E-state index contributed by atoms with van der Waals surface area (Å²) in [4.78, 5) is 28.2. The molecule has 2 atom stereocenters. The summed E-state index contributed by atoms with van der Waals surface area (Å²) in [7, 11) is 1.93. The van der Waals surface area contributed by atoms with Crippen LogP contribution in [0.4, 0.5) is 5.82 Å². The molecule has 11 heteroatoms. The minimum atomic E-state index is -0.380. The molecule has 0 aliphatic carbocycles. The van der Waals surface area contributed by atoms with Gasteiger partial charge in [0.2, 0.25) is 0 Å². The van der Waals surface area contributed by atoms with Crippen LogP contribution in [-0.4, -0.2) is 61.3 Å². The number of fused-ring (bicyclic) bond motifs is 1. The Bertz CT molecular complexity index is 1540. The smallest absolute Gasteiger partial charge is 0.270 e. The van der Waals surface area contributed by atoms with Crippen molar-refractivity contribution in [3.63, 3.8) is 0 Å². The van der Waals surface area contributed by atoms with Crippen molar-refractivity contribution in [2.45, 2.75) is 38.0 Å². The highest BCUT2D eigenvalue weighted by Crippen LogP contribution is 2.36. The number of allylic oxidation sites excluding steroid dienone is 1. The van der Waals surface area contributed by atoms with Gasteiger partial charge in [-0.2, -0.15) is 10.4 Å². The van der Waals surface area contributed by atoms with Gasteiger partial charge in [0.1, 0.15) is 35.6 Å². The quantitative estimate of drug-likeness (QED) is 0.476. The maximum Gasteiger partial charge on any atom is 0.270 e. The molecule has 1 saturated heterocycles. The van der Waals surface area contributed by atoms with Crippen LogP contribution in [0.1, 0.15) is 41.6 Å². The van der Waals surface area contributed by atoms with Gasteiger partial charge in [0.25, 0.3) is 5.91 Å². The molecule has 1 N–H and O–H groups in total. The van der Waals surface area contributed by atoms with Crippen molar-refractivity contribution in [2.24, 2.45) is 18.1 Å². The molecule has 2 unspecified atom stereocenters. The molecular formula is C30H31N9O2. The number of nitrogens with zero attached hydrogens (tertiary/aromatic N) is 8. The van der Waals surface area contributed by atoms with Crippen LogP contribution in [0.15, 0.2) is 78.3 Å². The van der Waals surface area contributed by atoms with E-state index in [0.29, 0.717) is 18.1 Å². The summed E-state index contributed by atoms with van der Waals surface area (Å²) in [6, 6.07) is 11.5. The molecule has 6 rings (SSSR count). The van der Waals surface area contributed by atoms with Crippen LogP contribution in [0.25, 0.3) is 5.57 Å². The van der Waals surface area contributed by atoms with E-state index in [2.05, 4.69) is 38.3 Å². The number of carbonyl (C=O) groups is 1. The standard InChI is InChI=1S/C30H31N9O2/c1-30(36-29(40)25-5-3-4-10-32-25)8-12-38(13-9-30)26-7-6-21(17-34-26)24-15-23(41-20-27-33-11-14-37(27)2)19-39-28(24)22(16-31)18-35-39/h3-7,10-11,14-15,17-19,22,28H,8-9,12-13,20H2,1-2H3,(H,36,40). The molecule has 0 bridgehead atoms. The van der Waals surface area contributed by atoms with Gasteiger partial charge in [-0.05, 0) is 61.2 Å². The van der Waals surface area contributed by atoms with Gasteiger partial charge in [-0.15, -0.1) is 0 Å². The van der Waals surface area contributed by atoms with E-state index in [1.165, 1.54) is 0 Å². The maximum absolute atomic E-state index is 12.7. The first kappa shape index (κ1) is 26.3. The van der Waals surface area contributed by atoms with Crippen LogP contribution in [0, 0.1) is 17.2 Å². The van der Waals surface area contributed by atoms with E-state index < -0.39 is 0 Å². The third kappa shape index (κ3) is 5.41. The molecule has 1 fully saturated rings. The summed E-state index contributed by atoms with van der Waals surface area (Å²) in [6.45, 7) is 3.93. The van der Waals surface area contributed by atoms with Gasteiger partial charge in [0, 0.05) is 56.7 Å². The number of imidazole rings is 1. The number of hydrogen-bond acceptors (Lipinski definition) is 9. The third-order valence-corrected chi connectivity index (χ3v) is 7.88. The van der Waals surface area contributed by atoms with Crippen molar-refractivity contribution in [2.75, 3.05) is 18.0 Å².